The van der Waals surface area contributed by atoms with Gasteiger partial charge in [0.05, 0.1) is 0 Å². The van der Waals surface area contributed by atoms with Crippen LogP contribution in [0.25, 0.3) is 10.8 Å². The first kappa shape index (κ1) is 14.7. The van der Waals surface area contributed by atoms with Crippen molar-refractivity contribution in [3.63, 3.8) is 0 Å². The summed E-state index contributed by atoms with van der Waals surface area (Å²) in [4.78, 5) is 0. The van der Waals surface area contributed by atoms with E-state index in [4.69, 9.17) is 5.73 Å². The molecule has 0 saturated heterocycles. The second-order valence-electron chi connectivity index (χ2n) is 5.98. The molecule has 2 N–H and O–H groups in total. The Morgan fingerprint density at radius 3 is 2.57 bits per heavy atom. The maximum absolute atomic E-state index is 12.5. The average Bonchev–Trinajstić information content (AvgIpc) is 2.55. The van der Waals surface area contributed by atoms with Crippen molar-refractivity contribution in [1.82, 2.24) is 0 Å². The lowest BCUT2D eigenvalue weighted by molar-refractivity contribution is 0.503. The van der Waals surface area contributed by atoms with Gasteiger partial charge in [-0.2, -0.15) is 0 Å². The van der Waals surface area contributed by atoms with Crippen molar-refractivity contribution in [1.29, 1.82) is 0 Å². The fourth-order valence-corrected chi connectivity index (χ4v) is 4.97. The number of hydrogen-bond acceptors (Lipinski definition) is 2. The third-order valence-electron chi connectivity index (χ3n) is 4.49. The van der Waals surface area contributed by atoms with E-state index in [-0.39, 0.29) is 6.04 Å². The molecule has 2 nitrogen and oxygen atoms in total. The van der Waals surface area contributed by atoms with Gasteiger partial charge < -0.3 is 5.73 Å². The smallest absolute Gasteiger partial charge is 0.0431 e. The molecule has 0 radical (unpaired) electrons. The summed E-state index contributed by atoms with van der Waals surface area (Å²) in [7, 11) is -0.805. The third-order valence-corrected chi connectivity index (χ3v) is 6.39. The van der Waals surface area contributed by atoms with Crippen molar-refractivity contribution < 1.29 is 4.21 Å². The number of benzene rings is 2. The largest absolute Gasteiger partial charge is 0.323 e. The highest BCUT2D eigenvalue weighted by atomic mass is 32.2. The van der Waals surface area contributed by atoms with E-state index >= 15 is 0 Å². The maximum Gasteiger partial charge on any atom is 0.0431 e. The summed E-state index contributed by atoms with van der Waals surface area (Å²) in [6, 6.07) is 14.4. The van der Waals surface area contributed by atoms with E-state index in [1.807, 2.05) is 18.2 Å². The highest BCUT2D eigenvalue weighted by Gasteiger charge is 2.22. The van der Waals surface area contributed by atoms with Gasteiger partial charge in [-0.3, -0.25) is 4.21 Å². The highest BCUT2D eigenvalue weighted by Crippen LogP contribution is 2.27. The van der Waals surface area contributed by atoms with E-state index in [1.54, 1.807) is 0 Å². The molecule has 1 aliphatic carbocycles. The number of rotatable bonds is 4. The predicted molar refractivity (Wildman–Crippen MR) is 90.8 cm³/mol. The van der Waals surface area contributed by atoms with Crippen LogP contribution in [-0.4, -0.2) is 15.2 Å². The molecular formula is C18H23NOS. The summed E-state index contributed by atoms with van der Waals surface area (Å²) in [5, 5.41) is 2.75. The van der Waals surface area contributed by atoms with Gasteiger partial charge in [-0.05, 0) is 29.2 Å². The van der Waals surface area contributed by atoms with Crippen LogP contribution in [0.1, 0.15) is 43.7 Å². The number of hydrogen-bond donors (Lipinski definition) is 1. The molecule has 21 heavy (non-hydrogen) atoms. The zero-order valence-electron chi connectivity index (χ0n) is 12.3. The van der Waals surface area contributed by atoms with Gasteiger partial charge in [0.15, 0.2) is 0 Å². The van der Waals surface area contributed by atoms with Crippen molar-refractivity contribution in [2.24, 2.45) is 5.73 Å². The van der Waals surface area contributed by atoms with Crippen molar-refractivity contribution in [3.8, 4) is 0 Å². The van der Waals surface area contributed by atoms with Gasteiger partial charge in [-0.15, -0.1) is 0 Å². The average molecular weight is 301 g/mol. The van der Waals surface area contributed by atoms with E-state index in [0.717, 1.165) is 18.4 Å². The van der Waals surface area contributed by atoms with Gasteiger partial charge in [-0.1, -0.05) is 61.7 Å². The molecule has 3 heteroatoms. The van der Waals surface area contributed by atoms with E-state index in [0.29, 0.717) is 11.0 Å². The Labute approximate surface area is 129 Å². The number of fused-ring (bicyclic) bond motifs is 1. The molecule has 0 aliphatic heterocycles. The normalized spacial score (nSPS) is 19.5. The van der Waals surface area contributed by atoms with Crippen LogP contribution < -0.4 is 5.73 Å². The van der Waals surface area contributed by atoms with Gasteiger partial charge in [-0.25, -0.2) is 0 Å². The minimum Gasteiger partial charge on any atom is -0.323 e. The van der Waals surface area contributed by atoms with Gasteiger partial charge in [0.1, 0.15) is 0 Å². The van der Waals surface area contributed by atoms with Crippen LogP contribution in [-0.2, 0) is 10.8 Å². The molecular weight excluding hydrogens is 278 g/mol. The van der Waals surface area contributed by atoms with E-state index in [1.165, 1.54) is 30.0 Å². The predicted octanol–water partition coefficient (Wildman–Crippen LogP) is 3.92. The topological polar surface area (TPSA) is 43.1 Å². The Bertz CT molecular complexity index is 629. The molecule has 2 aromatic carbocycles. The zero-order chi connectivity index (χ0) is 14.7. The molecule has 0 bridgehead atoms. The summed E-state index contributed by atoms with van der Waals surface area (Å²) in [6.45, 7) is 0. The molecule has 1 aliphatic rings. The summed E-state index contributed by atoms with van der Waals surface area (Å²) in [5.41, 5.74) is 7.50. The molecule has 0 aromatic heterocycles. The SMILES string of the molecule is NC(CS(=O)C1CCCCC1)c1cccc2ccccc12. The van der Waals surface area contributed by atoms with Gasteiger partial charge >= 0.3 is 0 Å². The molecule has 0 amide bonds. The minimum absolute atomic E-state index is 0.140. The molecule has 1 saturated carbocycles. The van der Waals surface area contributed by atoms with E-state index < -0.39 is 10.8 Å². The molecule has 2 unspecified atom stereocenters. The van der Waals surface area contributed by atoms with Crippen LogP contribution in [0, 0.1) is 0 Å². The first-order valence-corrected chi connectivity index (χ1v) is 9.24. The Morgan fingerprint density at radius 2 is 1.76 bits per heavy atom. The summed E-state index contributed by atoms with van der Waals surface area (Å²) in [5.74, 6) is 0.582. The molecule has 0 spiro atoms. The molecule has 0 heterocycles. The lowest BCUT2D eigenvalue weighted by Gasteiger charge is -2.23. The lowest BCUT2D eigenvalue weighted by atomic mass is 10.00. The first-order chi connectivity index (χ1) is 10.3. The quantitative estimate of drug-likeness (QED) is 0.930. The molecule has 2 atom stereocenters. The number of nitrogens with two attached hydrogens (primary N) is 1. The van der Waals surface area contributed by atoms with Crippen molar-refractivity contribution >= 4 is 21.6 Å². The summed E-state index contributed by atoms with van der Waals surface area (Å²) < 4.78 is 12.5. The fourth-order valence-electron chi connectivity index (χ4n) is 3.30. The summed E-state index contributed by atoms with van der Waals surface area (Å²) >= 11 is 0. The van der Waals surface area contributed by atoms with Crippen LogP contribution in [0.4, 0.5) is 0 Å². The van der Waals surface area contributed by atoms with Crippen molar-refractivity contribution in [3.05, 3.63) is 48.0 Å². The molecule has 3 rings (SSSR count). The minimum atomic E-state index is -0.805. The van der Waals surface area contributed by atoms with Crippen LogP contribution in [0.2, 0.25) is 0 Å². The van der Waals surface area contributed by atoms with Gasteiger partial charge in [0.25, 0.3) is 0 Å². The second-order valence-corrected chi connectivity index (χ2v) is 7.74. The maximum atomic E-state index is 12.5. The molecule has 112 valence electrons. The zero-order valence-corrected chi connectivity index (χ0v) is 13.1. The Kier molecular flexibility index (Phi) is 4.71. The Balaban J connectivity index is 1.77. The molecule has 1 fully saturated rings. The fraction of sp³-hybridized carbons (Fsp3) is 0.444. The third kappa shape index (κ3) is 3.35. The Morgan fingerprint density at radius 1 is 1.05 bits per heavy atom. The van der Waals surface area contributed by atoms with Gasteiger partial charge in [0, 0.05) is 27.8 Å². The Hall–Kier alpha value is -1.19. The van der Waals surface area contributed by atoms with E-state index in [2.05, 4.69) is 24.3 Å². The van der Waals surface area contributed by atoms with Crippen LogP contribution in [0.15, 0.2) is 42.5 Å². The second kappa shape index (κ2) is 6.71. The van der Waals surface area contributed by atoms with E-state index in [9.17, 15) is 4.21 Å². The molecule has 2 aromatic rings. The van der Waals surface area contributed by atoms with Crippen LogP contribution >= 0.6 is 0 Å². The highest BCUT2D eigenvalue weighted by molar-refractivity contribution is 7.85. The monoisotopic (exact) mass is 301 g/mol. The standard InChI is InChI=1S/C18H23NOS/c19-18(13-21(20)15-9-2-1-3-10-15)17-12-6-8-14-7-4-5-11-16(14)17/h4-8,11-12,15,18H,1-3,9-10,13,19H2. The first-order valence-electron chi connectivity index (χ1n) is 7.86. The van der Waals surface area contributed by atoms with Gasteiger partial charge in [0.2, 0.25) is 0 Å². The van der Waals surface area contributed by atoms with Crippen LogP contribution in [0.3, 0.4) is 0 Å². The van der Waals surface area contributed by atoms with Crippen LogP contribution in [0.5, 0.6) is 0 Å². The lowest BCUT2D eigenvalue weighted by Crippen LogP contribution is -2.27. The van der Waals surface area contributed by atoms with Crippen molar-refractivity contribution in [2.45, 2.75) is 43.4 Å². The summed E-state index contributed by atoms with van der Waals surface area (Å²) in [6.07, 6.45) is 5.95. The van der Waals surface area contributed by atoms with Crippen molar-refractivity contribution in [2.75, 3.05) is 5.75 Å².